The molecule has 1 aliphatic rings. The molecule has 3 aromatic carbocycles. The third kappa shape index (κ3) is 6.38. The van der Waals surface area contributed by atoms with E-state index in [-0.39, 0.29) is 10.8 Å². The molecule has 7 heteroatoms. The molecular formula is C28H31N3O3S. The van der Waals surface area contributed by atoms with Crippen LogP contribution in [0.2, 0.25) is 0 Å². The minimum atomic E-state index is -3.69. The second kappa shape index (κ2) is 10.9. The summed E-state index contributed by atoms with van der Waals surface area (Å²) in [7, 11) is -3.69. The van der Waals surface area contributed by atoms with E-state index in [2.05, 4.69) is 33.9 Å². The Morgan fingerprint density at radius 3 is 2.26 bits per heavy atom. The van der Waals surface area contributed by atoms with Crippen molar-refractivity contribution in [2.75, 3.05) is 37.4 Å². The number of sulfonamides is 1. The lowest BCUT2D eigenvalue weighted by Crippen LogP contribution is -2.48. The molecule has 0 atom stereocenters. The number of hydrogen-bond donors (Lipinski definition) is 1. The van der Waals surface area contributed by atoms with Crippen LogP contribution >= 0.6 is 0 Å². The van der Waals surface area contributed by atoms with Crippen molar-refractivity contribution < 1.29 is 13.2 Å². The maximum absolute atomic E-state index is 13.1. The largest absolute Gasteiger partial charge is 0.336 e. The van der Waals surface area contributed by atoms with Crippen molar-refractivity contribution in [2.24, 2.45) is 0 Å². The molecule has 6 nitrogen and oxygen atoms in total. The summed E-state index contributed by atoms with van der Waals surface area (Å²) < 4.78 is 28.1. The van der Waals surface area contributed by atoms with E-state index < -0.39 is 10.0 Å². The molecule has 0 spiro atoms. The Morgan fingerprint density at radius 2 is 1.60 bits per heavy atom. The summed E-state index contributed by atoms with van der Waals surface area (Å²) in [6.07, 6.45) is 4.28. The predicted octanol–water partition coefficient (Wildman–Crippen LogP) is 4.58. The van der Waals surface area contributed by atoms with Crippen molar-refractivity contribution in [3.05, 3.63) is 101 Å². The summed E-state index contributed by atoms with van der Waals surface area (Å²) in [5, 5.41) is 0. The second-order valence-corrected chi connectivity index (χ2v) is 10.5. The summed E-state index contributed by atoms with van der Waals surface area (Å²) in [5.74, 6) is -0.0273. The van der Waals surface area contributed by atoms with Crippen LogP contribution in [0.25, 0.3) is 6.08 Å². The standard InChI is InChI=1S/C28H31N3O3S/c1-22-10-13-26(14-11-22)35(33,34)29-27-15-12-25(21-23(27)2)28(32)31-19-17-30(18-20-31)16-6-9-24-7-4-3-5-8-24/h3-15,21,29H,16-20H2,1-2H3/b9-6+. The lowest BCUT2D eigenvalue weighted by molar-refractivity contribution is 0.0650. The lowest BCUT2D eigenvalue weighted by Gasteiger charge is -2.34. The van der Waals surface area contributed by atoms with Gasteiger partial charge in [0.2, 0.25) is 0 Å². The molecule has 1 saturated heterocycles. The van der Waals surface area contributed by atoms with Gasteiger partial charge in [-0.05, 0) is 55.3 Å². The average Bonchev–Trinajstić information content (AvgIpc) is 2.86. The van der Waals surface area contributed by atoms with Gasteiger partial charge in [-0.3, -0.25) is 14.4 Å². The first kappa shape index (κ1) is 24.7. The van der Waals surface area contributed by atoms with E-state index in [0.29, 0.717) is 29.9 Å². The fourth-order valence-corrected chi connectivity index (χ4v) is 5.18. The van der Waals surface area contributed by atoms with Crippen LogP contribution in [-0.2, 0) is 10.0 Å². The van der Waals surface area contributed by atoms with Crippen LogP contribution in [0.15, 0.2) is 83.8 Å². The number of carbonyl (C=O) groups is 1. The number of amides is 1. The van der Waals surface area contributed by atoms with E-state index in [4.69, 9.17) is 0 Å². The molecule has 1 aliphatic heterocycles. The minimum Gasteiger partial charge on any atom is -0.336 e. The number of anilines is 1. The first-order chi connectivity index (χ1) is 16.8. The number of aryl methyl sites for hydroxylation is 2. The monoisotopic (exact) mass is 489 g/mol. The number of benzene rings is 3. The van der Waals surface area contributed by atoms with Gasteiger partial charge in [-0.25, -0.2) is 8.42 Å². The van der Waals surface area contributed by atoms with Crippen molar-refractivity contribution in [3.63, 3.8) is 0 Å². The van der Waals surface area contributed by atoms with Gasteiger partial charge < -0.3 is 4.90 Å². The van der Waals surface area contributed by atoms with Crippen LogP contribution in [0, 0.1) is 13.8 Å². The van der Waals surface area contributed by atoms with E-state index in [1.807, 2.05) is 30.0 Å². The van der Waals surface area contributed by atoms with Gasteiger partial charge in [-0.2, -0.15) is 0 Å². The summed E-state index contributed by atoms with van der Waals surface area (Å²) >= 11 is 0. The molecule has 0 bridgehead atoms. The maximum atomic E-state index is 13.1. The van der Waals surface area contributed by atoms with Gasteiger partial charge in [-0.1, -0.05) is 60.2 Å². The zero-order valence-electron chi connectivity index (χ0n) is 20.1. The van der Waals surface area contributed by atoms with Crippen molar-refractivity contribution in [3.8, 4) is 0 Å². The van der Waals surface area contributed by atoms with Crippen molar-refractivity contribution in [1.82, 2.24) is 9.80 Å². The molecule has 0 radical (unpaired) electrons. The van der Waals surface area contributed by atoms with E-state index in [9.17, 15) is 13.2 Å². The highest BCUT2D eigenvalue weighted by Crippen LogP contribution is 2.22. The molecule has 182 valence electrons. The Hall–Kier alpha value is -3.42. The molecule has 1 N–H and O–H groups in total. The Kier molecular flexibility index (Phi) is 7.68. The molecule has 3 aromatic rings. The zero-order valence-corrected chi connectivity index (χ0v) is 21.0. The smallest absolute Gasteiger partial charge is 0.261 e. The van der Waals surface area contributed by atoms with Crippen LogP contribution in [-0.4, -0.2) is 56.8 Å². The topological polar surface area (TPSA) is 69.7 Å². The molecule has 1 fully saturated rings. The van der Waals surface area contributed by atoms with Crippen molar-refractivity contribution >= 4 is 27.7 Å². The lowest BCUT2D eigenvalue weighted by atomic mass is 10.1. The van der Waals surface area contributed by atoms with E-state index in [1.165, 1.54) is 5.56 Å². The molecule has 0 unspecified atom stereocenters. The Labute approximate surface area is 207 Å². The molecule has 0 aliphatic carbocycles. The van der Waals surface area contributed by atoms with Crippen molar-refractivity contribution in [2.45, 2.75) is 18.7 Å². The summed E-state index contributed by atoms with van der Waals surface area (Å²) in [6.45, 7) is 7.54. The number of nitrogens with one attached hydrogen (secondary N) is 1. The maximum Gasteiger partial charge on any atom is 0.261 e. The highest BCUT2D eigenvalue weighted by molar-refractivity contribution is 7.92. The SMILES string of the molecule is Cc1ccc(S(=O)(=O)Nc2ccc(C(=O)N3CCN(C/C=C/c4ccccc4)CC3)cc2C)cc1. The van der Waals surface area contributed by atoms with Gasteiger partial charge in [0.25, 0.3) is 15.9 Å². The zero-order chi connectivity index (χ0) is 24.8. The highest BCUT2D eigenvalue weighted by Gasteiger charge is 2.22. The first-order valence-corrected chi connectivity index (χ1v) is 13.2. The fraction of sp³-hybridized carbons (Fsp3) is 0.250. The van der Waals surface area contributed by atoms with Crippen LogP contribution in [0.4, 0.5) is 5.69 Å². The number of piperazine rings is 1. The molecule has 1 amide bonds. The first-order valence-electron chi connectivity index (χ1n) is 11.8. The predicted molar refractivity (Wildman–Crippen MR) is 141 cm³/mol. The van der Waals surface area contributed by atoms with Gasteiger partial charge in [0.1, 0.15) is 0 Å². The Balaban J connectivity index is 1.33. The van der Waals surface area contributed by atoms with Gasteiger partial charge >= 0.3 is 0 Å². The summed E-state index contributed by atoms with van der Waals surface area (Å²) in [5.41, 5.74) is 3.92. The van der Waals surface area contributed by atoms with Gasteiger partial charge in [0.15, 0.2) is 0 Å². The van der Waals surface area contributed by atoms with Crippen LogP contribution in [0.1, 0.15) is 27.0 Å². The van der Waals surface area contributed by atoms with E-state index in [1.54, 1.807) is 49.4 Å². The van der Waals surface area contributed by atoms with E-state index in [0.717, 1.165) is 25.2 Å². The van der Waals surface area contributed by atoms with Crippen LogP contribution in [0.5, 0.6) is 0 Å². The van der Waals surface area contributed by atoms with Crippen LogP contribution < -0.4 is 4.72 Å². The third-order valence-electron chi connectivity index (χ3n) is 6.18. The summed E-state index contributed by atoms with van der Waals surface area (Å²) in [6, 6.07) is 22.0. The van der Waals surface area contributed by atoms with Gasteiger partial charge in [0.05, 0.1) is 10.6 Å². The average molecular weight is 490 g/mol. The third-order valence-corrected chi connectivity index (χ3v) is 7.56. The van der Waals surface area contributed by atoms with Gasteiger partial charge in [-0.15, -0.1) is 0 Å². The number of rotatable bonds is 7. The highest BCUT2D eigenvalue weighted by atomic mass is 32.2. The van der Waals surface area contributed by atoms with Crippen molar-refractivity contribution in [1.29, 1.82) is 0 Å². The van der Waals surface area contributed by atoms with Crippen LogP contribution in [0.3, 0.4) is 0 Å². The number of nitrogens with zero attached hydrogens (tertiary/aromatic N) is 2. The molecular weight excluding hydrogens is 458 g/mol. The number of hydrogen-bond acceptors (Lipinski definition) is 4. The molecule has 4 rings (SSSR count). The number of carbonyl (C=O) groups excluding carboxylic acids is 1. The summed E-state index contributed by atoms with van der Waals surface area (Å²) in [4.78, 5) is 17.5. The Bertz CT molecular complexity index is 1300. The fourth-order valence-electron chi connectivity index (χ4n) is 4.05. The molecule has 35 heavy (non-hydrogen) atoms. The Morgan fingerprint density at radius 1 is 0.914 bits per heavy atom. The van der Waals surface area contributed by atoms with Gasteiger partial charge in [0, 0.05) is 38.3 Å². The quantitative estimate of drug-likeness (QED) is 0.528. The molecule has 0 aromatic heterocycles. The van der Waals surface area contributed by atoms with E-state index >= 15 is 0 Å². The molecule has 1 heterocycles. The minimum absolute atomic E-state index is 0.0273. The normalized spacial score (nSPS) is 14.9. The second-order valence-electron chi connectivity index (χ2n) is 8.85. The molecule has 0 saturated carbocycles.